The maximum atomic E-state index is 5.84. The molecule has 0 saturated heterocycles. The molecule has 0 bridgehead atoms. The van der Waals surface area contributed by atoms with Gasteiger partial charge in [-0.25, -0.2) is 0 Å². The fourth-order valence-corrected chi connectivity index (χ4v) is 3.53. The van der Waals surface area contributed by atoms with Crippen molar-refractivity contribution in [3.8, 4) is 5.75 Å². The number of rotatable bonds is 6. The minimum Gasteiger partial charge on any atom is -0.494 e. The van der Waals surface area contributed by atoms with Gasteiger partial charge in [-0.1, -0.05) is 38.7 Å². The Kier molecular flexibility index (Phi) is 5.90. The lowest BCUT2D eigenvalue weighted by atomic mass is 9.88. The van der Waals surface area contributed by atoms with Gasteiger partial charge in [0.25, 0.3) is 0 Å². The number of ether oxygens (including phenoxy) is 1. The molecule has 1 aromatic rings. The smallest absolute Gasteiger partial charge is 0.119 e. The normalized spacial score (nSPS) is 18.7. The average molecular weight is 311 g/mol. The highest BCUT2D eigenvalue weighted by atomic mass is 16.5. The summed E-state index contributed by atoms with van der Waals surface area (Å²) in [6, 6.07) is 6.51. The van der Waals surface area contributed by atoms with E-state index in [0.717, 1.165) is 43.4 Å². The molecule has 2 aliphatic rings. The minimum absolute atomic E-state index is 0.758. The largest absolute Gasteiger partial charge is 0.494 e. The monoisotopic (exact) mass is 311 g/mol. The van der Waals surface area contributed by atoms with Crippen LogP contribution in [0.5, 0.6) is 5.75 Å². The van der Waals surface area contributed by atoms with E-state index in [2.05, 4.69) is 37.3 Å². The van der Waals surface area contributed by atoms with Gasteiger partial charge in [0.15, 0.2) is 0 Å². The molecule has 1 saturated carbocycles. The summed E-state index contributed by atoms with van der Waals surface area (Å²) < 4.78 is 5.84. The van der Waals surface area contributed by atoms with E-state index in [9.17, 15) is 0 Å². The molecule has 0 radical (unpaired) electrons. The van der Waals surface area contributed by atoms with Crippen molar-refractivity contribution < 1.29 is 4.74 Å². The van der Waals surface area contributed by atoms with Crippen molar-refractivity contribution in [1.82, 2.24) is 0 Å². The number of hydrogen-bond donors (Lipinski definition) is 0. The second-order valence-corrected chi connectivity index (χ2v) is 6.80. The minimum atomic E-state index is 0.758. The summed E-state index contributed by atoms with van der Waals surface area (Å²) >= 11 is 0. The molecule has 124 valence electrons. The van der Waals surface area contributed by atoms with Gasteiger partial charge in [-0.3, -0.25) is 4.99 Å². The zero-order valence-electron chi connectivity index (χ0n) is 14.4. The first-order chi connectivity index (χ1) is 11.4. The highest BCUT2D eigenvalue weighted by Gasteiger charge is 2.15. The Bertz CT molecular complexity index is 567. The van der Waals surface area contributed by atoms with E-state index in [4.69, 9.17) is 9.73 Å². The molecule has 1 aliphatic heterocycles. The van der Waals surface area contributed by atoms with E-state index < -0.39 is 0 Å². The average Bonchev–Trinajstić information content (AvgIpc) is 2.61. The van der Waals surface area contributed by atoms with Gasteiger partial charge in [-0.2, -0.15) is 0 Å². The van der Waals surface area contributed by atoms with Gasteiger partial charge in [0, 0.05) is 12.1 Å². The number of aliphatic imine (C=N–C) groups is 1. The SMILES string of the molecule is CCCCOc1ccc2c(c1)CCN=C2C=CC1CCCCC1. The number of nitrogens with zero attached hydrogens (tertiary/aromatic N) is 1. The van der Waals surface area contributed by atoms with Crippen LogP contribution in [0, 0.1) is 5.92 Å². The molecule has 0 spiro atoms. The Hall–Kier alpha value is -1.57. The van der Waals surface area contributed by atoms with Crippen molar-refractivity contribution in [3.05, 3.63) is 41.5 Å². The second-order valence-electron chi connectivity index (χ2n) is 6.80. The lowest BCUT2D eigenvalue weighted by Crippen LogP contribution is -2.12. The molecule has 1 fully saturated rings. The Morgan fingerprint density at radius 3 is 2.91 bits per heavy atom. The van der Waals surface area contributed by atoms with Crippen molar-refractivity contribution in [2.24, 2.45) is 10.9 Å². The third-order valence-corrected chi connectivity index (χ3v) is 4.96. The van der Waals surface area contributed by atoms with Crippen LogP contribution in [0.4, 0.5) is 0 Å². The number of benzene rings is 1. The van der Waals surface area contributed by atoms with Gasteiger partial charge in [0.05, 0.1) is 12.3 Å². The van der Waals surface area contributed by atoms with Gasteiger partial charge in [-0.05, 0) is 61.4 Å². The zero-order valence-corrected chi connectivity index (χ0v) is 14.4. The maximum Gasteiger partial charge on any atom is 0.119 e. The molecule has 0 aromatic heterocycles. The molecule has 23 heavy (non-hydrogen) atoms. The van der Waals surface area contributed by atoms with Crippen molar-refractivity contribution in [2.75, 3.05) is 13.2 Å². The fraction of sp³-hybridized carbons (Fsp3) is 0.571. The highest BCUT2D eigenvalue weighted by molar-refractivity contribution is 6.10. The lowest BCUT2D eigenvalue weighted by Gasteiger charge is -2.19. The maximum absolute atomic E-state index is 5.84. The predicted molar refractivity (Wildman–Crippen MR) is 97.7 cm³/mol. The van der Waals surface area contributed by atoms with Gasteiger partial charge >= 0.3 is 0 Å². The lowest BCUT2D eigenvalue weighted by molar-refractivity contribution is 0.309. The second kappa shape index (κ2) is 8.33. The first-order valence-corrected chi connectivity index (χ1v) is 9.35. The molecule has 2 nitrogen and oxygen atoms in total. The summed E-state index contributed by atoms with van der Waals surface area (Å²) in [4.78, 5) is 4.75. The van der Waals surface area contributed by atoms with E-state index >= 15 is 0 Å². The Balaban J connectivity index is 1.68. The van der Waals surface area contributed by atoms with Crippen LogP contribution in [0.15, 0.2) is 35.3 Å². The van der Waals surface area contributed by atoms with Crippen LogP contribution in [0.25, 0.3) is 0 Å². The van der Waals surface area contributed by atoms with Crippen LogP contribution in [-0.4, -0.2) is 18.9 Å². The molecule has 0 N–H and O–H groups in total. The number of allylic oxidation sites excluding steroid dienone is 2. The summed E-state index contributed by atoms with van der Waals surface area (Å²) in [5.74, 6) is 1.77. The fourth-order valence-electron chi connectivity index (χ4n) is 3.53. The van der Waals surface area contributed by atoms with Crippen LogP contribution in [0.1, 0.15) is 63.0 Å². The molecule has 1 aromatic carbocycles. The number of fused-ring (bicyclic) bond motifs is 1. The van der Waals surface area contributed by atoms with Crippen molar-refractivity contribution in [1.29, 1.82) is 0 Å². The molecule has 0 atom stereocenters. The standard InChI is InChI=1S/C21H29NO/c1-2-3-15-23-19-10-11-20-18(16-19)13-14-22-21(20)12-9-17-7-5-4-6-8-17/h9-12,16-17H,2-8,13-15H2,1H3. The van der Waals surface area contributed by atoms with Crippen LogP contribution >= 0.6 is 0 Å². The van der Waals surface area contributed by atoms with Gasteiger partial charge < -0.3 is 4.74 Å². The molecular weight excluding hydrogens is 282 g/mol. The van der Waals surface area contributed by atoms with Gasteiger partial charge in [0.1, 0.15) is 5.75 Å². The van der Waals surface area contributed by atoms with Crippen LogP contribution < -0.4 is 4.74 Å². The van der Waals surface area contributed by atoms with Crippen molar-refractivity contribution >= 4 is 5.71 Å². The van der Waals surface area contributed by atoms with E-state index in [1.807, 2.05) is 0 Å². The topological polar surface area (TPSA) is 21.6 Å². The first kappa shape index (κ1) is 16.3. The summed E-state index contributed by atoms with van der Waals surface area (Å²) in [7, 11) is 0. The molecule has 0 unspecified atom stereocenters. The molecular formula is C21H29NO. The third kappa shape index (κ3) is 4.46. The van der Waals surface area contributed by atoms with E-state index in [-0.39, 0.29) is 0 Å². The Morgan fingerprint density at radius 2 is 2.09 bits per heavy atom. The van der Waals surface area contributed by atoms with Crippen LogP contribution in [0.2, 0.25) is 0 Å². The van der Waals surface area contributed by atoms with E-state index in [1.165, 1.54) is 49.7 Å². The Labute approximate surface area is 140 Å². The number of unbranched alkanes of at least 4 members (excludes halogenated alkanes) is 1. The molecule has 0 amide bonds. The molecule has 3 rings (SSSR count). The summed E-state index contributed by atoms with van der Waals surface area (Å²) in [6.45, 7) is 3.91. The summed E-state index contributed by atoms with van der Waals surface area (Å²) in [5.41, 5.74) is 3.85. The van der Waals surface area contributed by atoms with Gasteiger partial charge in [-0.15, -0.1) is 0 Å². The van der Waals surface area contributed by atoms with Gasteiger partial charge in [0.2, 0.25) is 0 Å². The molecule has 2 heteroatoms. The quantitative estimate of drug-likeness (QED) is 0.649. The molecule has 1 heterocycles. The zero-order chi connectivity index (χ0) is 15.9. The summed E-state index contributed by atoms with van der Waals surface area (Å²) in [5, 5.41) is 0. The highest BCUT2D eigenvalue weighted by Crippen LogP contribution is 2.26. The first-order valence-electron chi connectivity index (χ1n) is 9.35. The van der Waals surface area contributed by atoms with Crippen molar-refractivity contribution in [3.63, 3.8) is 0 Å². The summed E-state index contributed by atoms with van der Waals surface area (Å²) in [6.07, 6.45) is 14.9. The number of hydrogen-bond acceptors (Lipinski definition) is 2. The predicted octanol–water partition coefficient (Wildman–Crippen LogP) is 5.35. The van der Waals surface area contributed by atoms with E-state index in [0.29, 0.717) is 0 Å². The van der Waals surface area contributed by atoms with E-state index in [1.54, 1.807) is 0 Å². The Morgan fingerprint density at radius 1 is 1.22 bits per heavy atom. The van der Waals surface area contributed by atoms with Crippen LogP contribution in [-0.2, 0) is 6.42 Å². The third-order valence-electron chi connectivity index (χ3n) is 4.96. The van der Waals surface area contributed by atoms with Crippen molar-refractivity contribution in [2.45, 2.75) is 58.3 Å². The van der Waals surface area contributed by atoms with Crippen LogP contribution in [0.3, 0.4) is 0 Å². The molecule has 1 aliphatic carbocycles.